The fourth-order valence-electron chi connectivity index (χ4n) is 3.70. The highest BCUT2D eigenvalue weighted by Gasteiger charge is 2.41. The molecule has 23 heavy (non-hydrogen) atoms. The van der Waals surface area contributed by atoms with E-state index in [1.54, 1.807) is 12.5 Å². The topological polar surface area (TPSA) is 47.7 Å². The number of furan rings is 1. The van der Waals surface area contributed by atoms with Crippen LogP contribution in [-0.4, -0.2) is 41.8 Å². The summed E-state index contributed by atoms with van der Waals surface area (Å²) < 4.78 is 17.3. The molecular weight excluding hydrogens is 292 g/mol. The minimum atomic E-state index is 0.316. The molecule has 122 valence electrons. The molecule has 0 aromatic carbocycles. The number of rotatable bonds is 5. The Labute approximate surface area is 136 Å². The Morgan fingerprint density at radius 3 is 3.04 bits per heavy atom. The molecule has 3 heterocycles. The maximum Gasteiger partial charge on any atom is 0.213 e. The predicted octanol–water partition coefficient (Wildman–Crippen LogP) is 2.73. The second-order valence-electron chi connectivity index (χ2n) is 6.34. The van der Waals surface area contributed by atoms with Gasteiger partial charge in [-0.05, 0) is 37.0 Å². The number of aromatic nitrogens is 1. The molecule has 0 bridgehead atoms. The Bertz CT molecular complexity index is 602. The van der Waals surface area contributed by atoms with E-state index in [4.69, 9.17) is 13.9 Å². The van der Waals surface area contributed by atoms with Gasteiger partial charge in [0, 0.05) is 24.8 Å². The monoisotopic (exact) mass is 314 g/mol. The zero-order valence-corrected chi connectivity index (χ0v) is 13.1. The summed E-state index contributed by atoms with van der Waals surface area (Å²) in [4.78, 5) is 6.71. The minimum absolute atomic E-state index is 0.316. The van der Waals surface area contributed by atoms with Crippen molar-refractivity contribution in [2.75, 3.05) is 19.8 Å². The lowest BCUT2D eigenvalue weighted by Crippen LogP contribution is -2.47. The summed E-state index contributed by atoms with van der Waals surface area (Å²) >= 11 is 0. The van der Waals surface area contributed by atoms with Crippen LogP contribution < -0.4 is 4.74 Å². The van der Waals surface area contributed by atoms with Crippen molar-refractivity contribution in [3.8, 4) is 5.88 Å². The highest BCUT2D eigenvalue weighted by molar-refractivity contribution is 5.09. The van der Waals surface area contributed by atoms with E-state index < -0.39 is 0 Å². The maximum atomic E-state index is 5.99. The molecule has 2 aromatic rings. The largest absolute Gasteiger partial charge is 0.477 e. The van der Waals surface area contributed by atoms with Gasteiger partial charge in [0.25, 0.3) is 0 Å². The Morgan fingerprint density at radius 2 is 2.22 bits per heavy atom. The van der Waals surface area contributed by atoms with Crippen molar-refractivity contribution in [2.45, 2.75) is 31.5 Å². The van der Waals surface area contributed by atoms with Crippen molar-refractivity contribution in [3.05, 3.63) is 48.6 Å². The van der Waals surface area contributed by atoms with Crippen molar-refractivity contribution in [2.24, 2.45) is 5.92 Å². The van der Waals surface area contributed by atoms with Crippen molar-refractivity contribution < 1.29 is 13.9 Å². The van der Waals surface area contributed by atoms with Crippen molar-refractivity contribution in [3.63, 3.8) is 0 Å². The Kier molecular flexibility index (Phi) is 4.30. The van der Waals surface area contributed by atoms with Crippen LogP contribution in [0.5, 0.6) is 5.88 Å². The summed E-state index contributed by atoms with van der Waals surface area (Å²) in [5, 5.41) is 0. The van der Waals surface area contributed by atoms with Crippen LogP contribution in [0.4, 0.5) is 0 Å². The molecule has 4 rings (SSSR count). The van der Waals surface area contributed by atoms with Crippen LogP contribution >= 0.6 is 0 Å². The van der Waals surface area contributed by atoms with Crippen LogP contribution in [0, 0.1) is 5.92 Å². The molecule has 5 nitrogen and oxygen atoms in total. The minimum Gasteiger partial charge on any atom is -0.477 e. The lowest BCUT2D eigenvalue weighted by molar-refractivity contribution is -0.0608. The third-order valence-electron chi connectivity index (χ3n) is 4.79. The third-order valence-corrected chi connectivity index (χ3v) is 4.79. The van der Waals surface area contributed by atoms with Crippen LogP contribution in [0.1, 0.15) is 18.6 Å². The molecule has 1 saturated carbocycles. The number of ether oxygens (including phenoxy) is 2. The van der Waals surface area contributed by atoms with Gasteiger partial charge in [0.15, 0.2) is 0 Å². The molecule has 1 aliphatic heterocycles. The van der Waals surface area contributed by atoms with E-state index in [0.29, 0.717) is 30.6 Å². The SMILES string of the molecule is c1ccc(OC[C@@H]2C[C@H]3OCCN(Cc4ccco4)[C@H]3C2)nc1. The fraction of sp³-hybridized carbons (Fsp3) is 0.500. The first-order valence-corrected chi connectivity index (χ1v) is 8.30. The number of fused-ring (bicyclic) bond motifs is 1. The van der Waals surface area contributed by atoms with Crippen molar-refractivity contribution in [1.29, 1.82) is 0 Å². The molecule has 3 atom stereocenters. The molecule has 1 saturated heterocycles. The molecule has 2 fully saturated rings. The lowest BCUT2D eigenvalue weighted by Gasteiger charge is -2.37. The summed E-state index contributed by atoms with van der Waals surface area (Å²) in [7, 11) is 0. The van der Waals surface area contributed by atoms with Crippen LogP contribution in [0.3, 0.4) is 0 Å². The van der Waals surface area contributed by atoms with Gasteiger partial charge in [-0.1, -0.05) is 6.07 Å². The predicted molar refractivity (Wildman–Crippen MR) is 85.1 cm³/mol. The van der Waals surface area contributed by atoms with E-state index in [2.05, 4.69) is 9.88 Å². The molecule has 0 N–H and O–H groups in total. The highest BCUT2D eigenvalue weighted by atomic mass is 16.5. The van der Waals surface area contributed by atoms with E-state index in [0.717, 1.165) is 38.3 Å². The standard InChI is InChI=1S/C18H22N2O3/c1-2-6-19-18(5-1)23-13-14-10-16-17(11-14)22-9-7-20(16)12-15-4-3-8-21-15/h1-6,8,14,16-17H,7,9-13H2/t14-,16-,17+/m0/s1. The number of pyridine rings is 1. The summed E-state index contributed by atoms with van der Waals surface area (Å²) in [5.41, 5.74) is 0. The van der Waals surface area contributed by atoms with Gasteiger partial charge in [-0.15, -0.1) is 0 Å². The van der Waals surface area contributed by atoms with Crippen LogP contribution in [0.25, 0.3) is 0 Å². The molecule has 2 aromatic heterocycles. The van der Waals surface area contributed by atoms with E-state index in [1.165, 1.54) is 0 Å². The zero-order valence-electron chi connectivity index (χ0n) is 13.1. The van der Waals surface area contributed by atoms with E-state index in [9.17, 15) is 0 Å². The first kappa shape index (κ1) is 14.7. The second kappa shape index (κ2) is 6.72. The van der Waals surface area contributed by atoms with Crippen LogP contribution in [-0.2, 0) is 11.3 Å². The average molecular weight is 314 g/mol. The number of hydrogen-bond donors (Lipinski definition) is 0. The average Bonchev–Trinajstić information content (AvgIpc) is 3.23. The molecular formula is C18H22N2O3. The van der Waals surface area contributed by atoms with Gasteiger partial charge in [-0.2, -0.15) is 0 Å². The summed E-state index contributed by atoms with van der Waals surface area (Å²) in [6, 6.07) is 10.2. The van der Waals surface area contributed by atoms with Crippen molar-refractivity contribution in [1.82, 2.24) is 9.88 Å². The molecule has 0 radical (unpaired) electrons. The van der Waals surface area contributed by atoms with Gasteiger partial charge in [-0.3, -0.25) is 4.90 Å². The van der Waals surface area contributed by atoms with E-state index >= 15 is 0 Å². The molecule has 0 amide bonds. The molecule has 0 spiro atoms. The highest BCUT2D eigenvalue weighted by Crippen LogP contribution is 2.35. The summed E-state index contributed by atoms with van der Waals surface area (Å²) in [6.07, 6.45) is 5.99. The summed E-state index contributed by atoms with van der Waals surface area (Å²) in [6.45, 7) is 3.35. The normalized spacial score (nSPS) is 27.7. The van der Waals surface area contributed by atoms with Gasteiger partial charge in [0.2, 0.25) is 5.88 Å². The molecule has 1 aliphatic carbocycles. The van der Waals surface area contributed by atoms with Gasteiger partial charge >= 0.3 is 0 Å². The molecule has 0 unspecified atom stereocenters. The zero-order chi connectivity index (χ0) is 15.5. The van der Waals surface area contributed by atoms with E-state index in [-0.39, 0.29) is 0 Å². The molecule has 2 aliphatic rings. The second-order valence-corrected chi connectivity index (χ2v) is 6.34. The Morgan fingerprint density at radius 1 is 1.22 bits per heavy atom. The lowest BCUT2D eigenvalue weighted by atomic mass is 10.1. The smallest absolute Gasteiger partial charge is 0.213 e. The first-order chi connectivity index (χ1) is 11.4. The van der Waals surface area contributed by atoms with Crippen LogP contribution in [0.2, 0.25) is 0 Å². The van der Waals surface area contributed by atoms with Gasteiger partial charge < -0.3 is 13.9 Å². The van der Waals surface area contributed by atoms with Gasteiger partial charge in [-0.25, -0.2) is 4.98 Å². The Balaban J connectivity index is 1.35. The molecule has 5 heteroatoms. The maximum absolute atomic E-state index is 5.99. The first-order valence-electron chi connectivity index (χ1n) is 8.30. The summed E-state index contributed by atoms with van der Waals surface area (Å²) in [5.74, 6) is 2.25. The number of hydrogen-bond acceptors (Lipinski definition) is 5. The van der Waals surface area contributed by atoms with E-state index in [1.807, 2.05) is 30.3 Å². The van der Waals surface area contributed by atoms with Crippen molar-refractivity contribution >= 4 is 0 Å². The van der Waals surface area contributed by atoms with Crippen LogP contribution in [0.15, 0.2) is 47.2 Å². The Hall–Kier alpha value is -1.85. The number of morpholine rings is 1. The fourth-order valence-corrected chi connectivity index (χ4v) is 3.70. The third kappa shape index (κ3) is 3.41. The number of nitrogens with zero attached hydrogens (tertiary/aromatic N) is 2. The van der Waals surface area contributed by atoms with Gasteiger partial charge in [0.05, 0.1) is 32.1 Å². The van der Waals surface area contributed by atoms with Gasteiger partial charge in [0.1, 0.15) is 5.76 Å². The quantitative estimate of drug-likeness (QED) is 0.849.